The maximum atomic E-state index is 10.9. The summed E-state index contributed by atoms with van der Waals surface area (Å²) in [6, 6.07) is 4.01. The largest absolute Gasteiger partial charge is 0.357 e. The molecule has 0 atom stereocenters. The zero-order valence-electron chi connectivity index (χ0n) is 12.6. The van der Waals surface area contributed by atoms with E-state index in [9.17, 15) is 8.42 Å². The first kappa shape index (κ1) is 20.2. The lowest BCUT2D eigenvalue weighted by Gasteiger charge is -2.22. The van der Waals surface area contributed by atoms with Crippen molar-refractivity contribution in [3.63, 3.8) is 0 Å². The molecule has 1 aromatic heterocycles. The van der Waals surface area contributed by atoms with Gasteiger partial charge in [-0.3, -0.25) is 4.99 Å². The van der Waals surface area contributed by atoms with E-state index in [-0.39, 0.29) is 36.3 Å². The van der Waals surface area contributed by atoms with Crippen LogP contribution in [0.15, 0.2) is 23.3 Å². The molecule has 9 heteroatoms. The number of nitrogens with two attached hydrogens (primary N) is 1. The van der Waals surface area contributed by atoms with Gasteiger partial charge in [-0.2, -0.15) is 0 Å². The summed E-state index contributed by atoms with van der Waals surface area (Å²) in [4.78, 5) is 6.22. The Hall–Kier alpha value is -0.810. The van der Waals surface area contributed by atoms with Gasteiger partial charge in [0.2, 0.25) is 10.0 Å². The summed E-state index contributed by atoms with van der Waals surface area (Å²) in [5.74, 6) is 0.511. The second kappa shape index (κ2) is 9.26. The molecule has 0 amide bonds. The molecule has 0 aliphatic rings. The number of aryl methyl sites for hydroxylation is 1. The summed E-state index contributed by atoms with van der Waals surface area (Å²) in [7, 11) is 0.414. The van der Waals surface area contributed by atoms with Gasteiger partial charge >= 0.3 is 0 Å². The number of hydrogen-bond acceptors (Lipinski definition) is 3. The molecule has 0 aliphatic heterocycles. The number of halogens is 1. The normalized spacial score (nSPS) is 11.9. The van der Waals surface area contributed by atoms with Crippen LogP contribution in [0.4, 0.5) is 0 Å². The fourth-order valence-corrected chi connectivity index (χ4v) is 2.07. The highest BCUT2D eigenvalue weighted by Gasteiger charge is 2.09. The average molecular weight is 429 g/mol. The summed E-state index contributed by atoms with van der Waals surface area (Å²) in [6.45, 7) is 3.51. The van der Waals surface area contributed by atoms with Gasteiger partial charge in [0, 0.05) is 32.5 Å². The monoisotopic (exact) mass is 429 g/mol. The van der Waals surface area contributed by atoms with E-state index in [1.165, 1.54) is 0 Å². The second-order valence-electron chi connectivity index (χ2n) is 4.57. The topological polar surface area (TPSA) is 92.7 Å². The van der Waals surface area contributed by atoms with Crippen LogP contribution in [0.2, 0.25) is 0 Å². The Bertz CT molecular complexity index is 556. The maximum absolute atomic E-state index is 10.9. The molecule has 3 N–H and O–H groups in total. The van der Waals surface area contributed by atoms with E-state index in [1.54, 1.807) is 0 Å². The number of sulfonamides is 1. The SMILES string of the molecule is CCNC(=NCCS(N)(=O)=O)N(C)Cc1cccn1C.I. The highest BCUT2D eigenvalue weighted by Crippen LogP contribution is 2.03. The summed E-state index contributed by atoms with van der Waals surface area (Å²) in [6.07, 6.45) is 1.98. The van der Waals surface area contributed by atoms with Gasteiger partial charge in [-0.1, -0.05) is 0 Å². The smallest absolute Gasteiger partial charge is 0.210 e. The van der Waals surface area contributed by atoms with Crippen molar-refractivity contribution < 1.29 is 8.42 Å². The first-order chi connectivity index (χ1) is 9.33. The highest BCUT2D eigenvalue weighted by molar-refractivity contribution is 14.0. The van der Waals surface area contributed by atoms with Crippen molar-refractivity contribution >= 4 is 40.0 Å². The predicted octanol–water partition coefficient (Wildman–Crippen LogP) is 0.329. The van der Waals surface area contributed by atoms with Crippen LogP contribution in [0, 0.1) is 0 Å². The van der Waals surface area contributed by atoms with Crippen LogP contribution in [0.3, 0.4) is 0 Å². The molecule has 1 aromatic rings. The van der Waals surface area contributed by atoms with E-state index < -0.39 is 10.0 Å². The Morgan fingerprint density at radius 1 is 1.52 bits per heavy atom. The van der Waals surface area contributed by atoms with E-state index in [2.05, 4.69) is 10.3 Å². The van der Waals surface area contributed by atoms with Gasteiger partial charge in [0.05, 0.1) is 18.8 Å². The average Bonchev–Trinajstić information content (AvgIpc) is 2.72. The molecule has 0 saturated carbocycles. The number of hydrogen-bond donors (Lipinski definition) is 2. The molecule has 0 radical (unpaired) electrons. The van der Waals surface area contributed by atoms with Crippen LogP contribution in [-0.2, 0) is 23.6 Å². The third-order valence-electron chi connectivity index (χ3n) is 2.78. The van der Waals surface area contributed by atoms with Crippen molar-refractivity contribution in [1.82, 2.24) is 14.8 Å². The van der Waals surface area contributed by atoms with Crippen molar-refractivity contribution in [2.24, 2.45) is 17.2 Å². The number of primary sulfonamides is 1. The summed E-state index contributed by atoms with van der Waals surface area (Å²) >= 11 is 0. The molecular formula is C12H24IN5O2S. The summed E-state index contributed by atoms with van der Waals surface area (Å²) in [5.41, 5.74) is 1.14. The zero-order valence-corrected chi connectivity index (χ0v) is 15.8. The van der Waals surface area contributed by atoms with Crippen molar-refractivity contribution in [1.29, 1.82) is 0 Å². The lowest BCUT2D eigenvalue weighted by molar-refractivity contribution is 0.462. The summed E-state index contributed by atoms with van der Waals surface area (Å²) in [5, 5.41) is 8.10. The Balaban J connectivity index is 0.00000400. The number of aromatic nitrogens is 1. The number of nitrogens with one attached hydrogen (secondary N) is 1. The van der Waals surface area contributed by atoms with Gasteiger partial charge in [-0.15, -0.1) is 24.0 Å². The van der Waals surface area contributed by atoms with Crippen LogP contribution in [0.25, 0.3) is 0 Å². The zero-order chi connectivity index (χ0) is 15.2. The molecule has 0 bridgehead atoms. The van der Waals surface area contributed by atoms with Gasteiger partial charge in [0.25, 0.3) is 0 Å². The fraction of sp³-hybridized carbons (Fsp3) is 0.583. The Morgan fingerprint density at radius 3 is 2.67 bits per heavy atom. The van der Waals surface area contributed by atoms with Gasteiger partial charge in [0.1, 0.15) is 0 Å². The van der Waals surface area contributed by atoms with E-state index in [4.69, 9.17) is 5.14 Å². The van der Waals surface area contributed by atoms with Crippen LogP contribution >= 0.6 is 24.0 Å². The van der Waals surface area contributed by atoms with E-state index >= 15 is 0 Å². The number of nitrogens with zero attached hydrogens (tertiary/aromatic N) is 3. The summed E-state index contributed by atoms with van der Waals surface area (Å²) < 4.78 is 23.9. The molecule has 122 valence electrons. The Morgan fingerprint density at radius 2 is 2.19 bits per heavy atom. The van der Waals surface area contributed by atoms with Crippen molar-refractivity contribution in [2.75, 3.05) is 25.9 Å². The molecule has 0 fully saturated rings. The minimum atomic E-state index is -3.47. The number of aliphatic imine (C=N–C) groups is 1. The minimum absolute atomic E-state index is 0. The molecular weight excluding hydrogens is 405 g/mol. The molecule has 0 spiro atoms. The van der Waals surface area contributed by atoms with Gasteiger partial charge in [0.15, 0.2) is 5.96 Å². The molecule has 1 heterocycles. The van der Waals surface area contributed by atoms with Crippen LogP contribution in [0.5, 0.6) is 0 Å². The molecule has 0 aromatic carbocycles. The van der Waals surface area contributed by atoms with Crippen LogP contribution in [0.1, 0.15) is 12.6 Å². The van der Waals surface area contributed by atoms with Gasteiger partial charge < -0.3 is 14.8 Å². The third-order valence-corrected chi connectivity index (χ3v) is 3.54. The molecule has 1 rings (SSSR count). The molecule has 0 saturated heterocycles. The molecule has 7 nitrogen and oxygen atoms in total. The minimum Gasteiger partial charge on any atom is -0.357 e. The van der Waals surface area contributed by atoms with E-state index in [0.29, 0.717) is 19.0 Å². The number of guanidine groups is 1. The highest BCUT2D eigenvalue weighted by atomic mass is 127. The third kappa shape index (κ3) is 7.67. The van der Waals surface area contributed by atoms with Gasteiger partial charge in [-0.25, -0.2) is 13.6 Å². The van der Waals surface area contributed by atoms with E-state index in [1.807, 2.05) is 48.8 Å². The Kier molecular flexibility index (Phi) is 8.90. The predicted molar refractivity (Wildman–Crippen MR) is 96.2 cm³/mol. The lowest BCUT2D eigenvalue weighted by atomic mass is 10.4. The molecule has 0 unspecified atom stereocenters. The van der Waals surface area contributed by atoms with Crippen molar-refractivity contribution in [2.45, 2.75) is 13.5 Å². The first-order valence-corrected chi connectivity index (χ1v) is 8.15. The van der Waals surface area contributed by atoms with Gasteiger partial charge in [-0.05, 0) is 19.1 Å². The quantitative estimate of drug-likeness (QED) is 0.387. The first-order valence-electron chi connectivity index (χ1n) is 6.43. The Labute approximate surface area is 143 Å². The van der Waals surface area contributed by atoms with Crippen LogP contribution in [-0.4, -0.2) is 49.7 Å². The van der Waals surface area contributed by atoms with Crippen molar-refractivity contribution in [3.05, 3.63) is 24.0 Å². The second-order valence-corrected chi connectivity index (χ2v) is 6.30. The van der Waals surface area contributed by atoms with E-state index in [0.717, 1.165) is 5.69 Å². The maximum Gasteiger partial charge on any atom is 0.210 e. The molecule has 21 heavy (non-hydrogen) atoms. The number of rotatable bonds is 6. The molecule has 0 aliphatic carbocycles. The van der Waals surface area contributed by atoms with Crippen LogP contribution < -0.4 is 10.5 Å². The van der Waals surface area contributed by atoms with Crippen molar-refractivity contribution in [3.8, 4) is 0 Å². The fourth-order valence-electron chi connectivity index (χ4n) is 1.73. The standard InChI is InChI=1S/C12H23N5O2S.HI/c1-4-14-12(15-7-9-20(13,18)19)17(3)10-11-6-5-8-16(11)2;/h5-6,8H,4,7,9-10H2,1-3H3,(H,14,15)(H2,13,18,19);1H. The lowest BCUT2D eigenvalue weighted by Crippen LogP contribution is -2.39.